The van der Waals surface area contributed by atoms with Crippen molar-refractivity contribution in [2.24, 2.45) is 4.99 Å². The van der Waals surface area contributed by atoms with E-state index in [2.05, 4.69) is 15.3 Å². The third kappa shape index (κ3) is 4.76. The largest absolute Gasteiger partial charge is 0.454 e. The molecule has 0 fully saturated rings. The van der Waals surface area contributed by atoms with Gasteiger partial charge in [-0.2, -0.15) is 0 Å². The van der Waals surface area contributed by atoms with Gasteiger partial charge in [0, 0.05) is 30.4 Å². The van der Waals surface area contributed by atoms with E-state index in [4.69, 9.17) is 21.1 Å². The van der Waals surface area contributed by atoms with Crippen LogP contribution in [-0.4, -0.2) is 37.2 Å². The zero-order valence-corrected chi connectivity index (χ0v) is 22.8. The first-order chi connectivity index (χ1) is 19.7. The van der Waals surface area contributed by atoms with E-state index in [0.29, 0.717) is 22.1 Å². The molecule has 0 spiro atoms. The van der Waals surface area contributed by atoms with Gasteiger partial charge in [-0.05, 0) is 59.7 Å². The van der Waals surface area contributed by atoms with Crippen LogP contribution in [0.4, 0.5) is 4.39 Å². The highest BCUT2D eigenvalue weighted by molar-refractivity contribution is 7.93. The van der Waals surface area contributed by atoms with E-state index in [1.54, 1.807) is 42.5 Å². The van der Waals surface area contributed by atoms with E-state index in [9.17, 15) is 22.4 Å². The number of sulfone groups is 1. The Morgan fingerprint density at radius 2 is 1.83 bits per heavy atom. The number of halogens is 2. The minimum Gasteiger partial charge on any atom is -0.454 e. The number of nitrogens with zero attached hydrogens (tertiary/aromatic N) is 1. The summed E-state index contributed by atoms with van der Waals surface area (Å²) in [7, 11) is -4.44. The van der Waals surface area contributed by atoms with Crippen molar-refractivity contribution in [1.82, 2.24) is 10.3 Å². The highest BCUT2D eigenvalue weighted by Crippen LogP contribution is 2.39. The second-order valence-corrected chi connectivity index (χ2v) is 12.1. The summed E-state index contributed by atoms with van der Waals surface area (Å²) in [5.74, 6) is -0.648. The van der Waals surface area contributed by atoms with Crippen molar-refractivity contribution in [2.75, 3.05) is 6.79 Å². The number of rotatable bonds is 7. The first kappa shape index (κ1) is 26.7. The Kier molecular flexibility index (Phi) is 6.63. The van der Waals surface area contributed by atoms with Crippen molar-refractivity contribution in [2.45, 2.75) is 22.7 Å². The smallest absolute Gasteiger partial charge is 0.257 e. The standard InChI is InChI=1S/C29H21ClFN3O6S/c30-19-5-2-17(3-6-19)14-33-28(36)22-15-32-26-21(27(22)35)11-20(31)12-25(26)41(37,38)29(8-1-9-34-29)13-18-4-7-23-24(10-18)40-16-39-23/h1-12,15H,13-14,16H2,(H,32,35)(H,33,36). The fourth-order valence-corrected chi connectivity index (χ4v) is 6.85. The van der Waals surface area contributed by atoms with Crippen molar-refractivity contribution in [3.8, 4) is 11.5 Å². The number of pyridine rings is 1. The molecule has 0 saturated heterocycles. The molecule has 2 aliphatic heterocycles. The number of benzene rings is 3. The molecular weight excluding hydrogens is 573 g/mol. The fourth-order valence-electron chi connectivity index (χ4n) is 4.82. The van der Waals surface area contributed by atoms with Crippen LogP contribution in [0.1, 0.15) is 21.5 Å². The predicted octanol–water partition coefficient (Wildman–Crippen LogP) is 4.33. The van der Waals surface area contributed by atoms with Crippen LogP contribution in [0.5, 0.6) is 11.5 Å². The van der Waals surface area contributed by atoms with Crippen LogP contribution in [-0.2, 0) is 22.8 Å². The molecular formula is C29H21ClFN3O6S. The molecule has 1 amide bonds. The highest BCUT2D eigenvalue weighted by atomic mass is 35.5. The number of H-pyrrole nitrogens is 1. The molecule has 2 N–H and O–H groups in total. The summed E-state index contributed by atoms with van der Waals surface area (Å²) in [4.78, 5) is 30.9. The second-order valence-electron chi connectivity index (χ2n) is 9.52. The summed E-state index contributed by atoms with van der Waals surface area (Å²) in [5, 5.41) is 2.89. The Hall–Kier alpha value is -4.48. The van der Waals surface area contributed by atoms with Gasteiger partial charge < -0.3 is 19.8 Å². The second kappa shape index (κ2) is 10.2. The maximum absolute atomic E-state index is 14.9. The molecule has 1 unspecified atom stereocenters. The van der Waals surface area contributed by atoms with Gasteiger partial charge in [-0.1, -0.05) is 29.8 Å². The highest BCUT2D eigenvalue weighted by Gasteiger charge is 2.45. The predicted molar refractivity (Wildman–Crippen MR) is 151 cm³/mol. The number of aromatic nitrogens is 1. The summed E-state index contributed by atoms with van der Waals surface area (Å²) < 4.78 is 54.0. The molecule has 0 radical (unpaired) electrons. The van der Waals surface area contributed by atoms with Crippen LogP contribution in [0, 0.1) is 5.82 Å². The van der Waals surface area contributed by atoms with Crippen LogP contribution in [0.25, 0.3) is 10.9 Å². The molecule has 1 aromatic heterocycles. The Labute approximate surface area is 238 Å². The lowest BCUT2D eigenvalue weighted by molar-refractivity contribution is 0.0949. The molecule has 41 heavy (non-hydrogen) atoms. The normalized spacial score (nSPS) is 17.3. The minimum absolute atomic E-state index is 0.0596. The van der Waals surface area contributed by atoms with Gasteiger partial charge in [-0.15, -0.1) is 0 Å². The SMILES string of the molecule is O=C(NCc1ccc(Cl)cc1)c1c[nH]c2c(S(=O)(=O)C3(Cc4ccc5c(c4)OCO5)C=CC=N3)cc(F)cc2c1=O. The summed E-state index contributed by atoms with van der Waals surface area (Å²) in [6.07, 6.45) is 5.31. The van der Waals surface area contributed by atoms with Gasteiger partial charge in [0.2, 0.25) is 22.1 Å². The third-order valence-electron chi connectivity index (χ3n) is 6.91. The van der Waals surface area contributed by atoms with Crippen molar-refractivity contribution < 1.29 is 27.1 Å². The van der Waals surface area contributed by atoms with E-state index >= 15 is 0 Å². The van der Waals surface area contributed by atoms with Gasteiger partial charge in [0.25, 0.3) is 5.91 Å². The van der Waals surface area contributed by atoms with E-state index in [-0.39, 0.29) is 36.2 Å². The Morgan fingerprint density at radius 3 is 2.59 bits per heavy atom. The Balaban J connectivity index is 1.37. The van der Waals surface area contributed by atoms with Crippen LogP contribution >= 0.6 is 11.6 Å². The molecule has 1 atom stereocenters. The topological polar surface area (TPSA) is 127 Å². The maximum atomic E-state index is 14.9. The molecule has 0 bridgehead atoms. The zero-order valence-electron chi connectivity index (χ0n) is 21.2. The average molecular weight is 594 g/mol. The van der Waals surface area contributed by atoms with Crippen molar-refractivity contribution in [3.63, 3.8) is 0 Å². The molecule has 3 aromatic carbocycles. The summed E-state index contributed by atoms with van der Waals surface area (Å²) in [5.41, 5.74) is 0.0896. The van der Waals surface area contributed by atoms with Gasteiger partial charge in [-0.3, -0.25) is 14.6 Å². The Bertz CT molecular complexity index is 1920. The van der Waals surface area contributed by atoms with Crippen molar-refractivity contribution in [1.29, 1.82) is 0 Å². The number of ether oxygens (including phenoxy) is 2. The van der Waals surface area contributed by atoms with Crippen LogP contribution in [0.2, 0.25) is 5.02 Å². The molecule has 12 heteroatoms. The van der Waals surface area contributed by atoms with Crippen LogP contribution in [0.15, 0.2) is 87.6 Å². The first-order valence-electron chi connectivity index (χ1n) is 12.4. The molecule has 0 saturated carbocycles. The number of carbonyl (C=O) groups excluding carboxylic acids is 1. The molecule has 2 aliphatic rings. The van der Waals surface area contributed by atoms with E-state index in [1.165, 1.54) is 18.4 Å². The minimum atomic E-state index is -4.44. The average Bonchev–Trinajstić information content (AvgIpc) is 3.63. The van der Waals surface area contributed by atoms with Crippen molar-refractivity contribution in [3.05, 3.63) is 111 Å². The fraction of sp³-hybridized carbons (Fsp3) is 0.138. The van der Waals surface area contributed by atoms with Gasteiger partial charge in [0.15, 0.2) is 16.4 Å². The molecule has 9 nitrogen and oxygen atoms in total. The van der Waals surface area contributed by atoms with Crippen LogP contribution in [0.3, 0.4) is 0 Å². The van der Waals surface area contributed by atoms with E-state index in [1.807, 2.05) is 0 Å². The molecule has 3 heterocycles. The summed E-state index contributed by atoms with van der Waals surface area (Å²) in [6, 6.07) is 13.6. The van der Waals surface area contributed by atoms with Crippen LogP contribution < -0.4 is 20.2 Å². The lowest BCUT2D eigenvalue weighted by atomic mass is 10.1. The van der Waals surface area contributed by atoms with Gasteiger partial charge >= 0.3 is 0 Å². The van der Waals surface area contributed by atoms with E-state index in [0.717, 1.165) is 23.9 Å². The number of aliphatic imine (C=N–C) groups is 1. The summed E-state index contributed by atoms with van der Waals surface area (Å²) >= 11 is 5.89. The monoisotopic (exact) mass is 593 g/mol. The number of fused-ring (bicyclic) bond motifs is 2. The quantitative estimate of drug-likeness (QED) is 0.328. The number of hydrogen-bond donors (Lipinski definition) is 2. The lowest BCUT2D eigenvalue weighted by Gasteiger charge is -2.25. The molecule has 4 aromatic rings. The third-order valence-corrected chi connectivity index (χ3v) is 9.38. The Morgan fingerprint density at radius 1 is 1.07 bits per heavy atom. The first-order valence-corrected chi connectivity index (χ1v) is 14.3. The van der Waals surface area contributed by atoms with Gasteiger partial charge in [0.05, 0.1) is 15.8 Å². The lowest BCUT2D eigenvalue weighted by Crippen LogP contribution is -2.36. The number of hydrogen-bond acceptors (Lipinski definition) is 7. The molecule has 208 valence electrons. The van der Waals surface area contributed by atoms with Gasteiger partial charge in [0.1, 0.15) is 11.4 Å². The number of carbonyl (C=O) groups is 1. The number of allylic oxidation sites excluding steroid dienone is 1. The number of amides is 1. The van der Waals surface area contributed by atoms with Crippen molar-refractivity contribution >= 4 is 44.5 Å². The molecule has 0 aliphatic carbocycles. The molecule has 6 rings (SSSR count). The summed E-state index contributed by atoms with van der Waals surface area (Å²) in [6.45, 7) is 0.174. The zero-order chi connectivity index (χ0) is 28.8. The number of nitrogens with one attached hydrogen (secondary N) is 2. The van der Waals surface area contributed by atoms with E-state index < -0.39 is 36.8 Å². The van der Waals surface area contributed by atoms with Gasteiger partial charge in [-0.25, -0.2) is 12.8 Å². The number of aromatic amines is 1. The maximum Gasteiger partial charge on any atom is 0.257 e.